The second-order valence-corrected chi connectivity index (χ2v) is 6.35. The topological polar surface area (TPSA) is 78.6 Å². The molecular weight excluding hydrogens is 266 g/mol. The van der Waals surface area contributed by atoms with Gasteiger partial charge in [-0.2, -0.15) is 0 Å². The summed E-state index contributed by atoms with van der Waals surface area (Å²) in [5, 5.41) is 12.3. The first kappa shape index (κ1) is 17.3. The van der Waals surface area contributed by atoms with Crippen LogP contribution >= 0.6 is 0 Å². The molecule has 0 saturated carbocycles. The molecule has 0 aliphatic rings. The zero-order valence-electron chi connectivity index (χ0n) is 13.4. The molecule has 21 heavy (non-hydrogen) atoms. The number of aliphatic hydroxyl groups is 1. The van der Waals surface area contributed by atoms with Gasteiger partial charge in [-0.25, -0.2) is 0 Å². The smallest absolute Gasteiger partial charge is 0.255 e. The lowest BCUT2D eigenvalue weighted by Crippen LogP contribution is -2.26. The molecule has 4 N–H and O–H groups in total. The molecule has 0 unspecified atom stereocenters. The Balaban J connectivity index is 2.87. The fraction of sp³-hybridized carbons (Fsp3) is 0.562. The first-order valence-electron chi connectivity index (χ1n) is 7.23. The Morgan fingerprint density at radius 2 is 2.05 bits per heavy atom. The molecule has 5 nitrogen and oxygen atoms in total. The van der Waals surface area contributed by atoms with Gasteiger partial charge in [-0.3, -0.25) is 4.79 Å². The van der Waals surface area contributed by atoms with Crippen molar-refractivity contribution in [2.75, 3.05) is 38.3 Å². The van der Waals surface area contributed by atoms with Crippen molar-refractivity contribution < 1.29 is 9.90 Å². The van der Waals surface area contributed by atoms with Gasteiger partial charge in [-0.05, 0) is 36.5 Å². The summed E-state index contributed by atoms with van der Waals surface area (Å²) in [5.74, 6) is -0.0503. The van der Waals surface area contributed by atoms with Crippen molar-refractivity contribution in [3.05, 3.63) is 23.8 Å². The highest BCUT2D eigenvalue weighted by atomic mass is 16.2. The van der Waals surface area contributed by atoms with E-state index in [0.717, 1.165) is 18.5 Å². The third-order valence-electron chi connectivity index (χ3n) is 3.45. The Morgan fingerprint density at radius 1 is 1.38 bits per heavy atom. The number of benzene rings is 1. The van der Waals surface area contributed by atoms with Crippen LogP contribution in [-0.2, 0) is 0 Å². The van der Waals surface area contributed by atoms with Gasteiger partial charge in [0.25, 0.3) is 5.91 Å². The molecule has 0 fully saturated rings. The van der Waals surface area contributed by atoms with E-state index < -0.39 is 0 Å². The minimum Gasteiger partial charge on any atom is -0.399 e. The summed E-state index contributed by atoms with van der Waals surface area (Å²) in [5.41, 5.74) is 7.86. The molecule has 1 aromatic rings. The zero-order valence-corrected chi connectivity index (χ0v) is 13.4. The largest absolute Gasteiger partial charge is 0.399 e. The molecule has 5 heteroatoms. The van der Waals surface area contributed by atoms with Gasteiger partial charge in [-0.1, -0.05) is 13.8 Å². The van der Waals surface area contributed by atoms with Crippen LogP contribution < -0.4 is 11.1 Å². The molecule has 1 rings (SSSR count). The summed E-state index contributed by atoms with van der Waals surface area (Å²) in [6, 6.07) is 5.28. The number of nitrogen functional groups attached to an aromatic ring is 1. The lowest BCUT2D eigenvalue weighted by molar-refractivity contribution is 0.0828. The van der Waals surface area contributed by atoms with Crippen molar-refractivity contribution in [3.63, 3.8) is 0 Å². The van der Waals surface area contributed by atoms with Crippen LogP contribution in [0.1, 0.15) is 37.0 Å². The molecule has 0 aliphatic carbocycles. The lowest BCUT2D eigenvalue weighted by Gasteiger charge is -2.26. The summed E-state index contributed by atoms with van der Waals surface area (Å²) in [4.78, 5) is 13.7. The van der Waals surface area contributed by atoms with Crippen LogP contribution in [-0.4, -0.2) is 43.2 Å². The third-order valence-corrected chi connectivity index (χ3v) is 3.45. The first-order valence-corrected chi connectivity index (χ1v) is 7.23. The first-order chi connectivity index (χ1) is 9.76. The summed E-state index contributed by atoms with van der Waals surface area (Å²) in [7, 11) is 3.46. The molecule has 0 saturated heterocycles. The molecule has 0 spiro atoms. The summed E-state index contributed by atoms with van der Waals surface area (Å²) < 4.78 is 0. The van der Waals surface area contributed by atoms with Crippen molar-refractivity contribution in [2.45, 2.75) is 26.7 Å². The van der Waals surface area contributed by atoms with E-state index in [-0.39, 0.29) is 17.9 Å². The number of carbonyl (C=O) groups is 1. The quantitative estimate of drug-likeness (QED) is 0.673. The number of nitrogens with one attached hydrogen (secondary N) is 1. The van der Waals surface area contributed by atoms with E-state index in [0.29, 0.717) is 17.8 Å². The SMILES string of the molecule is CN(C)C(=O)c1ccc(N)cc1NCC(C)(C)CCCO. The summed E-state index contributed by atoms with van der Waals surface area (Å²) >= 11 is 0. The number of aliphatic hydroxyl groups excluding tert-OH is 1. The van der Waals surface area contributed by atoms with Crippen molar-refractivity contribution in [1.82, 2.24) is 4.90 Å². The lowest BCUT2D eigenvalue weighted by atomic mass is 9.87. The van der Waals surface area contributed by atoms with E-state index >= 15 is 0 Å². The van der Waals surface area contributed by atoms with Gasteiger partial charge in [0.05, 0.1) is 5.56 Å². The highest BCUT2D eigenvalue weighted by Crippen LogP contribution is 2.26. The van der Waals surface area contributed by atoms with Crippen LogP contribution in [0.3, 0.4) is 0 Å². The van der Waals surface area contributed by atoms with Crippen molar-refractivity contribution in [2.24, 2.45) is 5.41 Å². The number of nitrogens with zero attached hydrogens (tertiary/aromatic N) is 1. The second kappa shape index (κ2) is 7.31. The monoisotopic (exact) mass is 293 g/mol. The molecule has 0 bridgehead atoms. The van der Waals surface area contributed by atoms with Crippen LogP contribution in [0.15, 0.2) is 18.2 Å². The van der Waals surface area contributed by atoms with E-state index in [9.17, 15) is 4.79 Å². The molecule has 1 amide bonds. The van der Waals surface area contributed by atoms with Crippen LogP contribution in [0.4, 0.5) is 11.4 Å². The molecule has 0 aliphatic heterocycles. The maximum Gasteiger partial charge on any atom is 0.255 e. The maximum absolute atomic E-state index is 12.2. The molecule has 0 atom stereocenters. The number of amides is 1. The van der Waals surface area contributed by atoms with E-state index in [1.54, 1.807) is 37.2 Å². The van der Waals surface area contributed by atoms with Crippen LogP contribution in [0.2, 0.25) is 0 Å². The van der Waals surface area contributed by atoms with Crippen LogP contribution in [0, 0.1) is 5.41 Å². The van der Waals surface area contributed by atoms with E-state index in [1.807, 2.05) is 0 Å². The number of nitrogens with two attached hydrogens (primary N) is 1. The van der Waals surface area contributed by atoms with E-state index in [2.05, 4.69) is 19.2 Å². The van der Waals surface area contributed by atoms with Gasteiger partial charge in [0.15, 0.2) is 0 Å². The van der Waals surface area contributed by atoms with Gasteiger partial charge >= 0.3 is 0 Å². The fourth-order valence-electron chi connectivity index (χ4n) is 2.12. The van der Waals surface area contributed by atoms with E-state index in [1.165, 1.54) is 0 Å². The second-order valence-electron chi connectivity index (χ2n) is 6.35. The van der Waals surface area contributed by atoms with Gasteiger partial charge < -0.3 is 21.1 Å². The van der Waals surface area contributed by atoms with Gasteiger partial charge in [0.1, 0.15) is 0 Å². The minimum absolute atomic E-state index is 0.0335. The van der Waals surface area contributed by atoms with Crippen molar-refractivity contribution >= 4 is 17.3 Å². The van der Waals surface area contributed by atoms with Crippen molar-refractivity contribution in [1.29, 1.82) is 0 Å². The zero-order chi connectivity index (χ0) is 16.0. The number of anilines is 2. The fourth-order valence-corrected chi connectivity index (χ4v) is 2.12. The number of carbonyl (C=O) groups excluding carboxylic acids is 1. The standard InChI is InChI=1S/C16H27N3O2/c1-16(2,8-5-9-20)11-18-14-10-12(17)6-7-13(14)15(21)19(3)4/h6-7,10,18,20H,5,8-9,11,17H2,1-4H3. The summed E-state index contributed by atoms with van der Waals surface area (Å²) in [6.45, 7) is 5.18. The summed E-state index contributed by atoms with van der Waals surface area (Å²) in [6.07, 6.45) is 1.69. The Morgan fingerprint density at radius 3 is 2.62 bits per heavy atom. The Kier molecular flexibility index (Phi) is 6.03. The normalized spacial score (nSPS) is 11.3. The average Bonchev–Trinajstić information content (AvgIpc) is 2.42. The maximum atomic E-state index is 12.2. The van der Waals surface area contributed by atoms with Gasteiger partial charge in [-0.15, -0.1) is 0 Å². The van der Waals surface area contributed by atoms with Gasteiger partial charge in [0, 0.05) is 38.6 Å². The highest BCUT2D eigenvalue weighted by molar-refractivity contribution is 6.00. The number of rotatable bonds is 7. The molecule has 0 radical (unpaired) electrons. The average molecular weight is 293 g/mol. The number of hydrogen-bond donors (Lipinski definition) is 3. The predicted octanol–water partition coefficient (Wildman–Crippen LogP) is 2.18. The molecule has 118 valence electrons. The third kappa shape index (κ3) is 5.27. The minimum atomic E-state index is -0.0503. The predicted molar refractivity (Wildman–Crippen MR) is 87.5 cm³/mol. The molecule has 0 heterocycles. The molecule has 1 aromatic carbocycles. The Bertz CT molecular complexity index is 484. The highest BCUT2D eigenvalue weighted by Gasteiger charge is 2.19. The Hall–Kier alpha value is -1.75. The Labute approximate surface area is 127 Å². The van der Waals surface area contributed by atoms with E-state index in [4.69, 9.17) is 10.8 Å². The van der Waals surface area contributed by atoms with Crippen LogP contribution in [0.25, 0.3) is 0 Å². The van der Waals surface area contributed by atoms with Crippen LogP contribution in [0.5, 0.6) is 0 Å². The molecule has 0 aromatic heterocycles. The van der Waals surface area contributed by atoms with Crippen molar-refractivity contribution in [3.8, 4) is 0 Å². The number of hydrogen-bond acceptors (Lipinski definition) is 4. The molecular formula is C16H27N3O2. The van der Waals surface area contributed by atoms with Gasteiger partial charge in [0.2, 0.25) is 0 Å².